The minimum atomic E-state index is -5.52. The molecule has 0 heterocycles. The summed E-state index contributed by atoms with van der Waals surface area (Å²) in [5.74, 6) is 0. The molecule has 16 heavy (non-hydrogen) atoms. The summed E-state index contributed by atoms with van der Waals surface area (Å²) in [6.45, 7) is 0. The first-order valence-electron chi connectivity index (χ1n) is 4.02. The van der Waals surface area contributed by atoms with E-state index < -0.39 is 22.7 Å². The monoisotopic (exact) mass is 260 g/mol. The van der Waals surface area contributed by atoms with Gasteiger partial charge in [-0.25, -0.2) is 0 Å². The summed E-state index contributed by atoms with van der Waals surface area (Å²) in [7, 11) is 0. The Morgan fingerprint density at radius 2 is 1.12 bits per heavy atom. The molecule has 0 unspecified atom stereocenters. The van der Waals surface area contributed by atoms with Crippen molar-refractivity contribution in [1.29, 1.82) is 0 Å². The summed E-state index contributed by atoms with van der Waals surface area (Å²) in [4.78, 5) is 0. The summed E-state index contributed by atoms with van der Waals surface area (Å²) < 4.78 is 70.8. The Hall–Kier alpha value is -0.850. The van der Waals surface area contributed by atoms with Crippen LogP contribution < -0.4 is 0 Å². The van der Waals surface area contributed by atoms with E-state index in [2.05, 4.69) is 12.6 Å². The molecule has 0 aliphatic rings. The first kappa shape index (κ1) is 13.2. The van der Waals surface area contributed by atoms with Crippen molar-refractivity contribution in [1.82, 2.24) is 0 Å². The maximum Gasteiger partial charge on any atom is 0.415 e. The van der Waals surface area contributed by atoms with Gasteiger partial charge in [0.05, 0.1) is 0 Å². The van der Waals surface area contributed by atoms with Gasteiger partial charge in [0, 0.05) is 0 Å². The van der Waals surface area contributed by atoms with Crippen LogP contribution in [0.4, 0.5) is 26.3 Å². The average molecular weight is 260 g/mol. The quantitative estimate of drug-likeness (QED) is 0.574. The van der Waals surface area contributed by atoms with Crippen LogP contribution in [-0.4, -0.2) is 12.4 Å². The van der Waals surface area contributed by atoms with E-state index in [4.69, 9.17) is 0 Å². The van der Waals surface area contributed by atoms with Crippen molar-refractivity contribution in [2.45, 2.75) is 17.1 Å². The average Bonchev–Trinajstić information content (AvgIpc) is 2.14. The molecule has 1 rings (SSSR count). The Kier molecular flexibility index (Phi) is 3.20. The van der Waals surface area contributed by atoms with Crippen LogP contribution in [0, 0.1) is 0 Å². The lowest BCUT2D eigenvalue weighted by Crippen LogP contribution is -2.49. The number of thiol groups is 1. The maximum atomic E-state index is 12.5. The van der Waals surface area contributed by atoms with Crippen molar-refractivity contribution in [3.05, 3.63) is 35.9 Å². The number of rotatable bonds is 1. The molecule has 0 aliphatic carbocycles. The smallest absolute Gasteiger partial charge is 0.169 e. The lowest BCUT2D eigenvalue weighted by Gasteiger charge is -2.33. The molecule has 0 bridgehead atoms. The van der Waals surface area contributed by atoms with Crippen LogP contribution >= 0.6 is 12.6 Å². The molecule has 0 N–H and O–H groups in total. The van der Waals surface area contributed by atoms with Gasteiger partial charge in [-0.1, -0.05) is 30.3 Å². The fourth-order valence-corrected chi connectivity index (χ4v) is 1.32. The highest BCUT2D eigenvalue weighted by Crippen LogP contribution is 2.54. The zero-order valence-corrected chi connectivity index (χ0v) is 8.50. The van der Waals surface area contributed by atoms with Crippen LogP contribution in [0.2, 0.25) is 0 Å². The van der Waals surface area contributed by atoms with Gasteiger partial charge in [-0.2, -0.15) is 26.3 Å². The van der Waals surface area contributed by atoms with Crippen molar-refractivity contribution in [3.8, 4) is 0 Å². The van der Waals surface area contributed by atoms with Crippen molar-refractivity contribution >= 4 is 12.6 Å². The van der Waals surface area contributed by atoms with E-state index in [1.54, 1.807) is 0 Å². The number of benzene rings is 1. The number of hydrogen-bond acceptors (Lipinski definition) is 1. The second-order valence-electron chi connectivity index (χ2n) is 3.07. The molecule has 0 saturated carbocycles. The molecule has 7 heteroatoms. The van der Waals surface area contributed by atoms with Gasteiger partial charge in [0.2, 0.25) is 4.75 Å². The normalized spacial score (nSPS) is 13.9. The SMILES string of the molecule is FC(F)(F)C(S)(c1ccccc1)C(F)(F)F. The zero-order chi connectivity index (χ0) is 12.6. The third kappa shape index (κ3) is 2.00. The van der Waals surface area contributed by atoms with Gasteiger partial charge >= 0.3 is 12.4 Å². The highest BCUT2D eigenvalue weighted by molar-refractivity contribution is 7.81. The Morgan fingerprint density at radius 1 is 0.750 bits per heavy atom. The highest BCUT2D eigenvalue weighted by Gasteiger charge is 2.69. The van der Waals surface area contributed by atoms with E-state index in [1.807, 2.05) is 0 Å². The van der Waals surface area contributed by atoms with Crippen LogP contribution in [0.5, 0.6) is 0 Å². The van der Waals surface area contributed by atoms with E-state index in [0.29, 0.717) is 0 Å². The molecule has 0 aliphatic heterocycles. The van der Waals surface area contributed by atoms with Crippen LogP contribution in [0.3, 0.4) is 0 Å². The molecule has 0 radical (unpaired) electrons. The lowest BCUT2D eigenvalue weighted by atomic mass is 9.97. The van der Waals surface area contributed by atoms with Gasteiger partial charge in [-0.3, -0.25) is 0 Å². The van der Waals surface area contributed by atoms with Crippen molar-refractivity contribution in [3.63, 3.8) is 0 Å². The fraction of sp³-hybridized carbons (Fsp3) is 0.333. The van der Waals surface area contributed by atoms with Gasteiger partial charge in [-0.15, -0.1) is 12.6 Å². The van der Waals surface area contributed by atoms with Crippen molar-refractivity contribution in [2.75, 3.05) is 0 Å². The molecule has 1 aromatic rings. The minimum Gasteiger partial charge on any atom is -0.169 e. The minimum absolute atomic E-state index is 0.744. The van der Waals surface area contributed by atoms with E-state index in [-0.39, 0.29) is 0 Å². The van der Waals surface area contributed by atoms with Crippen molar-refractivity contribution in [2.24, 2.45) is 0 Å². The summed E-state index contributed by atoms with van der Waals surface area (Å²) in [6.07, 6.45) is -11.0. The summed E-state index contributed by atoms with van der Waals surface area (Å²) in [6, 6.07) is 5.00. The molecule has 0 atom stereocenters. The molecular weight excluding hydrogens is 254 g/mol. The molecule has 0 fully saturated rings. The Labute approximate surface area is 92.7 Å². The largest absolute Gasteiger partial charge is 0.415 e. The van der Waals surface area contributed by atoms with Gasteiger partial charge in [0.15, 0.2) is 0 Å². The molecule has 1 aromatic carbocycles. The Morgan fingerprint density at radius 3 is 1.44 bits per heavy atom. The second kappa shape index (κ2) is 3.87. The van der Waals surface area contributed by atoms with E-state index in [9.17, 15) is 26.3 Å². The highest BCUT2D eigenvalue weighted by atomic mass is 32.1. The molecular formula is C9H6F6S. The fourth-order valence-electron chi connectivity index (χ4n) is 1.17. The summed E-state index contributed by atoms with van der Waals surface area (Å²) >= 11 is 2.82. The topological polar surface area (TPSA) is 0 Å². The van der Waals surface area contributed by atoms with Crippen LogP contribution in [0.1, 0.15) is 5.56 Å². The van der Waals surface area contributed by atoms with Crippen LogP contribution in [-0.2, 0) is 4.75 Å². The first-order valence-corrected chi connectivity index (χ1v) is 4.47. The third-order valence-corrected chi connectivity index (χ3v) is 2.78. The van der Waals surface area contributed by atoms with E-state index >= 15 is 0 Å². The Bertz CT molecular complexity index is 339. The van der Waals surface area contributed by atoms with Gasteiger partial charge in [0.1, 0.15) is 0 Å². The maximum absolute atomic E-state index is 12.5. The van der Waals surface area contributed by atoms with Gasteiger partial charge < -0.3 is 0 Å². The summed E-state index contributed by atoms with van der Waals surface area (Å²) in [5.41, 5.74) is -0.946. The molecule has 90 valence electrons. The lowest BCUT2D eigenvalue weighted by molar-refractivity contribution is -0.268. The molecule has 0 aromatic heterocycles. The van der Waals surface area contributed by atoms with Crippen molar-refractivity contribution < 1.29 is 26.3 Å². The van der Waals surface area contributed by atoms with Gasteiger partial charge in [0.25, 0.3) is 0 Å². The first-order chi connectivity index (χ1) is 7.11. The number of alkyl halides is 6. The third-order valence-electron chi connectivity index (χ3n) is 2.01. The van der Waals surface area contributed by atoms with E-state index in [1.165, 1.54) is 6.07 Å². The molecule has 0 nitrogen and oxygen atoms in total. The second-order valence-corrected chi connectivity index (χ2v) is 3.74. The molecule has 0 saturated heterocycles. The van der Waals surface area contributed by atoms with Crippen LogP contribution in [0.15, 0.2) is 30.3 Å². The molecule has 0 amide bonds. The Balaban J connectivity index is 3.39. The number of halogens is 6. The number of hydrogen-bond donors (Lipinski definition) is 1. The predicted molar refractivity (Wildman–Crippen MR) is 49.2 cm³/mol. The molecule has 0 spiro atoms. The summed E-state index contributed by atoms with van der Waals surface area (Å²) in [5, 5.41) is 0. The zero-order valence-electron chi connectivity index (χ0n) is 7.60. The standard InChI is InChI=1S/C9H6F6S/c10-8(11,12)7(16,9(13,14)15)6-4-2-1-3-5-6/h1-5,16H. The van der Waals surface area contributed by atoms with E-state index in [0.717, 1.165) is 24.3 Å². The predicted octanol–water partition coefficient (Wildman–Crippen LogP) is 3.94. The van der Waals surface area contributed by atoms with Gasteiger partial charge in [-0.05, 0) is 5.56 Å². The van der Waals surface area contributed by atoms with Crippen LogP contribution in [0.25, 0.3) is 0 Å².